The van der Waals surface area contributed by atoms with Crippen molar-refractivity contribution in [1.82, 2.24) is 4.72 Å². The fraction of sp³-hybridized carbons (Fsp3) is 0.231. The number of carboxylic acid groups (broad SMARTS) is 1. The zero-order valence-electron chi connectivity index (χ0n) is 10.8. The van der Waals surface area contributed by atoms with Gasteiger partial charge in [-0.05, 0) is 37.1 Å². The normalized spacial score (nSPS) is 12.4. The molecule has 20 heavy (non-hydrogen) atoms. The van der Waals surface area contributed by atoms with E-state index in [0.717, 1.165) is 0 Å². The lowest BCUT2D eigenvalue weighted by Gasteiger charge is -2.13. The van der Waals surface area contributed by atoms with Crippen LogP contribution in [0.2, 0.25) is 0 Å². The maximum absolute atomic E-state index is 12.1. The summed E-state index contributed by atoms with van der Waals surface area (Å²) in [6, 6.07) is 4.63. The van der Waals surface area contributed by atoms with Crippen molar-refractivity contribution in [3.8, 4) is 6.07 Å². The van der Waals surface area contributed by atoms with Crippen molar-refractivity contribution in [3.05, 3.63) is 42.0 Å². The number of aliphatic carboxylic acids is 1. The monoisotopic (exact) mass is 294 g/mol. The fourth-order valence-corrected chi connectivity index (χ4v) is 2.84. The Morgan fingerprint density at radius 2 is 2.25 bits per heavy atom. The average Bonchev–Trinajstić information content (AvgIpc) is 2.37. The lowest BCUT2D eigenvalue weighted by molar-refractivity contribution is -0.138. The van der Waals surface area contributed by atoms with Crippen LogP contribution in [0.4, 0.5) is 0 Å². The molecular weight excluding hydrogens is 280 g/mol. The second-order valence-corrected chi connectivity index (χ2v) is 5.84. The minimum absolute atomic E-state index is 0.0240. The molecule has 0 spiro atoms. The highest BCUT2D eigenvalue weighted by Crippen LogP contribution is 2.15. The summed E-state index contributed by atoms with van der Waals surface area (Å²) in [5, 5.41) is 17.7. The number of hydrogen-bond acceptors (Lipinski definition) is 4. The average molecular weight is 294 g/mol. The van der Waals surface area contributed by atoms with Gasteiger partial charge in [0.25, 0.3) is 0 Å². The molecule has 0 radical (unpaired) electrons. The van der Waals surface area contributed by atoms with Gasteiger partial charge in [0.1, 0.15) is 6.04 Å². The zero-order valence-corrected chi connectivity index (χ0v) is 11.6. The summed E-state index contributed by atoms with van der Waals surface area (Å²) >= 11 is 0. The molecule has 1 aromatic carbocycles. The smallest absolute Gasteiger partial charge is 0.322 e. The molecule has 2 N–H and O–H groups in total. The topological polar surface area (TPSA) is 107 Å². The maximum Gasteiger partial charge on any atom is 0.322 e. The number of carbonyl (C=O) groups is 1. The van der Waals surface area contributed by atoms with Crippen LogP contribution in [0.25, 0.3) is 0 Å². The van der Waals surface area contributed by atoms with Crippen LogP contribution in [0.5, 0.6) is 0 Å². The summed E-state index contributed by atoms with van der Waals surface area (Å²) in [6.07, 6.45) is 1.30. The number of hydrogen-bond donors (Lipinski definition) is 2. The van der Waals surface area contributed by atoms with E-state index in [4.69, 9.17) is 10.4 Å². The second-order valence-electron chi connectivity index (χ2n) is 4.13. The molecule has 0 aromatic heterocycles. The SMILES string of the molecule is C=CCC(NS(=O)(=O)c1ccc(C#N)c(C)c1)C(=O)O. The molecule has 1 unspecified atom stereocenters. The molecule has 106 valence electrons. The first-order valence-electron chi connectivity index (χ1n) is 5.68. The molecule has 0 fully saturated rings. The lowest BCUT2D eigenvalue weighted by atomic mass is 10.1. The molecule has 1 aromatic rings. The number of aryl methyl sites for hydroxylation is 1. The van der Waals surface area contributed by atoms with Gasteiger partial charge in [-0.25, -0.2) is 8.42 Å². The van der Waals surface area contributed by atoms with Gasteiger partial charge in [-0.2, -0.15) is 9.98 Å². The number of carboxylic acids is 1. The van der Waals surface area contributed by atoms with Crippen LogP contribution in [0.15, 0.2) is 35.7 Å². The van der Waals surface area contributed by atoms with Crippen LogP contribution >= 0.6 is 0 Å². The number of nitrogens with zero attached hydrogens (tertiary/aromatic N) is 1. The van der Waals surface area contributed by atoms with Crippen LogP contribution in [0, 0.1) is 18.3 Å². The molecule has 1 rings (SSSR count). The lowest BCUT2D eigenvalue weighted by Crippen LogP contribution is -2.40. The van der Waals surface area contributed by atoms with Gasteiger partial charge in [0.15, 0.2) is 0 Å². The minimum atomic E-state index is -3.96. The molecule has 0 aliphatic rings. The highest BCUT2D eigenvalue weighted by molar-refractivity contribution is 7.89. The van der Waals surface area contributed by atoms with Gasteiger partial charge in [-0.1, -0.05) is 6.08 Å². The van der Waals surface area contributed by atoms with Crippen molar-refractivity contribution in [3.63, 3.8) is 0 Å². The Labute approximate surface area is 117 Å². The summed E-state index contributed by atoms with van der Waals surface area (Å²) in [6.45, 7) is 5.00. The highest BCUT2D eigenvalue weighted by atomic mass is 32.2. The van der Waals surface area contributed by atoms with Crippen molar-refractivity contribution in [2.75, 3.05) is 0 Å². The Bertz CT molecular complexity index is 674. The van der Waals surface area contributed by atoms with E-state index in [9.17, 15) is 13.2 Å². The number of nitriles is 1. The number of rotatable bonds is 6. The minimum Gasteiger partial charge on any atom is -0.480 e. The van der Waals surface area contributed by atoms with Gasteiger partial charge in [0.2, 0.25) is 10.0 Å². The first-order chi connectivity index (χ1) is 9.31. The molecule has 6 nitrogen and oxygen atoms in total. The van der Waals surface area contributed by atoms with Crippen molar-refractivity contribution in [2.45, 2.75) is 24.3 Å². The van der Waals surface area contributed by atoms with Crippen LogP contribution in [0.1, 0.15) is 17.5 Å². The first-order valence-corrected chi connectivity index (χ1v) is 7.17. The highest BCUT2D eigenvalue weighted by Gasteiger charge is 2.24. The summed E-state index contributed by atoms with van der Waals surface area (Å²) in [5.41, 5.74) is 0.871. The molecule has 0 saturated heterocycles. The van der Waals surface area contributed by atoms with E-state index in [1.165, 1.54) is 24.3 Å². The molecule has 0 saturated carbocycles. The van der Waals surface area contributed by atoms with Gasteiger partial charge >= 0.3 is 5.97 Å². The van der Waals surface area contributed by atoms with Crippen molar-refractivity contribution >= 4 is 16.0 Å². The summed E-state index contributed by atoms with van der Waals surface area (Å²) < 4.78 is 26.3. The molecule has 0 bridgehead atoms. The van der Waals surface area contributed by atoms with Gasteiger partial charge in [0.05, 0.1) is 16.5 Å². The first kappa shape index (κ1) is 15.9. The Morgan fingerprint density at radius 1 is 1.60 bits per heavy atom. The molecule has 1 atom stereocenters. The molecule has 7 heteroatoms. The van der Waals surface area contributed by atoms with Crippen LogP contribution in [-0.4, -0.2) is 25.5 Å². The van der Waals surface area contributed by atoms with Crippen LogP contribution in [0.3, 0.4) is 0 Å². The third-order valence-electron chi connectivity index (χ3n) is 2.63. The predicted molar refractivity (Wildman–Crippen MR) is 72.5 cm³/mol. The van der Waals surface area contributed by atoms with Gasteiger partial charge in [0, 0.05) is 0 Å². The molecule has 0 amide bonds. The zero-order chi connectivity index (χ0) is 15.3. The predicted octanol–water partition coefficient (Wildman–Crippen LogP) is 1.17. The molecule has 0 aliphatic carbocycles. The van der Waals surface area contributed by atoms with Crippen molar-refractivity contribution in [1.29, 1.82) is 5.26 Å². The third kappa shape index (κ3) is 3.66. The van der Waals surface area contributed by atoms with E-state index >= 15 is 0 Å². The fourth-order valence-electron chi connectivity index (χ4n) is 1.55. The van der Waals surface area contributed by atoms with Gasteiger partial charge < -0.3 is 5.11 Å². The standard InChI is InChI=1S/C13H14N2O4S/c1-3-4-12(13(16)17)15-20(18,19)11-6-5-10(8-14)9(2)7-11/h3,5-7,12,15H,1,4H2,2H3,(H,16,17). The molecule has 0 aliphatic heterocycles. The third-order valence-corrected chi connectivity index (χ3v) is 4.10. The Balaban J connectivity index is 3.11. The van der Waals surface area contributed by atoms with E-state index in [-0.39, 0.29) is 11.3 Å². The molecule has 0 heterocycles. The summed E-state index contributed by atoms with van der Waals surface area (Å²) in [4.78, 5) is 10.9. The van der Waals surface area contributed by atoms with E-state index < -0.39 is 22.0 Å². The number of benzene rings is 1. The van der Waals surface area contributed by atoms with Crippen LogP contribution < -0.4 is 4.72 Å². The molecular formula is C13H14N2O4S. The maximum atomic E-state index is 12.1. The Kier molecular flexibility index (Phi) is 5.02. The van der Waals surface area contributed by atoms with Gasteiger partial charge in [-0.15, -0.1) is 6.58 Å². The van der Waals surface area contributed by atoms with E-state index in [1.807, 2.05) is 6.07 Å². The number of nitrogens with one attached hydrogen (secondary N) is 1. The largest absolute Gasteiger partial charge is 0.480 e. The van der Waals surface area contributed by atoms with E-state index in [0.29, 0.717) is 11.1 Å². The van der Waals surface area contributed by atoms with Crippen molar-refractivity contribution < 1.29 is 18.3 Å². The summed E-state index contributed by atoms with van der Waals surface area (Å²) in [5.74, 6) is -1.28. The second kappa shape index (κ2) is 6.32. The summed E-state index contributed by atoms with van der Waals surface area (Å²) in [7, 11) is -3.96. The van der Waals surface area contributed by atoms with Crippen LogP contribution in [-0.2, 0) is 14.8 Å². The van der Waals surface area contributed by atoms with Crippen molar-refractivity contribution in [2.24, 2.45) is 0 Å². The van der Waals surface area contributed by atoms with E-state index in [1.54, 1.807) is 6.92 Å². The van der Waals surface area contributed by atoms with Gasteiger partial charge in [-0.3, -0.25) is 4.79 Å². The quantitative estimate of drug-likeness (QED) is 0.766. The number of sulfonamides is 1. The van der Waals surface area contributed by atoms with E-state index in [2.05, 4.69) is 11.3 Å². The Morgan fingerprint density at radius 3 is 2.70 bits per heavy atom. The Hall–Kier alpha value is -2.17.